The summed E-state index contributed by atoms with van der Waals surface area (Å²) in [5.41, 5.74) is 0.638. The van der Waals surface area contributed by atoms with Crippen LogP contribution in [0.25, 0.3) is 11.0 Å². The molecule has 0 saturated carbocycles. The second-order valence-corrected chi connectivity index (χ2v) is 3.64. The van der Waals surface area contributed by atoms with Gasteiger partial charge < -0.3 is 14.5 Å². The highest BCUT2D eigenvalue weighted by Gasteiger charge is 2.13. The van der Waals surface area contributed by atoms with Crippen LogP contribution in [0.1, 0.15) is 17.5 Å². The standard InChI is InChI=1S/C13H13NO4/c1-2-17-12(15)8-14-13(16)11-7-9-5-3-4-6-10(9)18-11/h3-7H,2,8H2,1H3,(H,14,16). The Morgan fingerprint density at radius 2 is 2.11 bits per heavy atom. The van der Waals surface area contributed by atoms with Crippen LogP contribution in [0.5, 0.6) is 0 Å². The number of furan rings is 1. The van der Waals surface area contributed by atoms with E-state index in [0.29, 0.717) is 12.2 Å². The molecule has 0 fully saturated rings. The van der Waals surface area contributed by atoms with E-state index in [9.17, 15) is 9.59 Å². The van der Waals surface area contributed by atoms with Gasteiger partial charge in [0.05, 0.1) is 6.61 Å². The van der Waals surface area contributed by atoms with Crippen molar-refractivity contribution < 1.29 is 18.7 Å². The van der Waals surface area contributed by atoms with Crippen LogP contribution in [0, 0.1) is 0 Å². The van der Waals surface area contributed by atoms with Crippen molar-refractivity contribution in [3.8, 4) is 0 Å². The van der Waals surface area contributed by atoms with Gasteiger partial charge in [0, 0.05) is 5.39 Å². The fourth-order valence-electron chi connectivity index (χ4n) is 1.55. The number of carbonyl (C=O) groups is 2. The second kappa shape index (κ2) is 5.35. The van der Waals surface area contributed by atoms with Crippen LogP contribution in [0.15, 0.2) is 34.7 Å². The van der Waals surface area contributed by atoms with E-state index in [-0.39, 0.29) is 12.3 Å². The Morgan fingerprint density at radius 3 is 2.83 bits per heavy atom. The first-order chi connectivity index (χ1) is 8.70. The lowest BCUT2D eigenvalue weighted by molar-refractivity contribution is -0.141. The zero-order valence-electron chi connectivity index (χ0n) is 9.93. The molecule has 5 heteroatoms. The van der Waals surface area contributed by atoms with Gasteiger partial charge in [-0.05, 0) is 19.1 Å². The first kappa shape index (κ1) is 12.2. The smallest absolute Gasteiger partial charge is 0.325 e. The van der Waals surface area contributed by atoms with E-state index in [1.165, 1.54) is 0 Å². The minimum absolute atomic E-state index is 0.163. The van der Waals surface area contributed by atoms with Gasteiger partial charge in [-0.15, -0.1) is 0 Å². The summed E-state index contributed by atoms with van der Waals surface area (Å²) in [6, 6.07) is 8.94. The molecule has 0 atom stereocenters. The highest BCUT2D eigenvalue weighted by Crippen LogP contribution is 2.18. The summed E-state index contributed by atoms with van der Waals surface area (Å²) < 4.78 is 10.1. The highest BCUT2D eigenvalue weighted by atomic mass is 16.5. The van der Waals surface area contributed by atoms with Crippen molar-refractivity contribution in [3.63, 3.8) is 0 Å². The first-order valence-corrected chi connectivity index (χ1v) is 5.63. The van der Waals surface area contributed by atoms with Gasteiger partial charge in [-0.25, -0.2) is 0 Å². The van der Waals surface area contributed by atoms with E-state index < -0.39 is 11.9 Å². The van der Waals surface area contributed by atoms with Gasteiger partial charge in [-0.1, -0.05) is 18.2 Å². The van der Waals surface area contributed by atoms with Crippen LogP contribution < -0.4 is 5.32 Å². The van der Waals surface area contributed by atoms with Gasteiger partial charge in [0.1, 0.15) is 12.1 Å². The molecule has 2 aromatic rings. The van der Waals surface area contributed by atoms with Crippen LogP contribution in [0.2, 0.25) is 0 Å². The summed E-state index contributed by atoms with van der Waals surface area (Å²) >= 11 is 0. The molecule has 1 aromatic carbocycles. The molecular formula is C13H13NO4. The van der Waals surface area contributed by atoms with Crippen LogP contribution in [-0.4, -0.2) is 25.0 Å². The van der Waals surface area contributed by atoms with E-state index in [0.717, 1.165) is 5.39 Å². The molecule has 0 aliphatic carbocycles. The predicted octanol–water partition coefficient (Wildman–Crippen LogP) is 1.73. The van der Waals surface area contributed by atoms with E-state index in [2.05, 4.69) is 5.32 Å². The highest BCUT2D eigenvalue weighted by molar-refractivity contribution is 5.97. The number of ether oxygens (including phenoxy) is 1. The Balaban J connectivity index is 2.02. The number of hydrogen-bond donors (Lipinski definition) is 1. The Labute approximate surface area is 104 Å². The summed E-state index contributed by atoms with van der Waals surface area (Å²) in [4.78, 5) is 22.8. The summed E-state index contributed by atoms with van der Waals surface area (Å²) in [7, 11) is 0. The maximum atomic E-state index is 11.7. The van der Waals surface area contributed by atoms with Gasteiger partial charge in [0.15, 0.2) is 5.76 Å². The van der Waals surface area contributed by atoms with Gasteiger partial charge in [0.25, 0.3) is 5.91 Å². The number of fused-ring (bicyclic) bond motifs is 1. The topological polar surface area (TPSA) is 68.5 Å². The van der Waals surface area contributed by atoms with Crippen LogP contribution >= 0.6 is 0 Å². The minimum Gasteiger partial charge on any atom is -0.465 e. The average molecular weight is 247 g/mol. The van der Waals surface area contributed by atoms with Gasteiger partial charge in [-0.3, -0.25) is 9.59 Å². The maximum Gasteiger partial charge on any atom is 0.325 e. The number of nitrogens with one attached hydrogen (secondary N) is 1. The average Bonchev–Trinajstić information content (AvgIpc) is 2.80. The summed E-state index contributed by atoms with van der Waals surface area (Å²) in [6.45, 7) is 1.84. The third-order valence-corrected chi connectivity index (χ3v) is 2.35. The molecular weight excluding hydrogens is 234 g/mol. The Kier molecular flexibility index (Phi) is 3.62. The molecule has 0 radical (unpaired) electrons. The number of rotatable bonds is 4. The number of amides is 1. The van der Waals surface area contributed by atoms with Crippen molar-refractivity contribution in [1.82, 2.24) is 5.32 Å². The number of benzene rings is 1. The van der Waals surface area contributed by atoms with E-state index in [1.54, 1.807) is 19.1 Å². The monoisotopic (exact) mass is 247 g/mol. The van der Waals surface area contributed by atoms with Crippen molar-refractivity contribution in [2.45, 2.75) is 6.92 Å². The number of carbonyl (C=O) groups excluding carboxylic acids is 2. The van der Waals surface area contributed by atoms with Crippen molar-refractivity contribution in [3.05, 3.63) is 36.1 Å². The lowest BCUT2D eigenvalue weighted by atomic mass is 10.2. The van der Waals surface area contributed by atoms with Crippen molar-refractivity contribution in [2.24, 2.45) is 0 Å². The number of hydrogen-bond acceptors (Lipinski definition) is 4. The SMILES string of the molecule is CCOC(=O)CNC(=O)c1cc2ccccc2o1. The maximum absolute atomic E-state index is 11.7. The largest absolute Gasteiger partial charge is 0.465 e. The summed E-state index contributed by atoms with van der Waals surface area (Å²) in [5.74, 6) is -0.721. The van der Waals surface area contributed by atoms with E-state index in [1.807, 2.05) is 18.2 Å². The molecule has 0 bridgehead atoms. The molecule has 1 amide bonds. The normalized spacial score (nSPS) is 10.3. The molecule has 5 nitrogen and oxygen atoms in total. The van der Waals surface area contributed by atoms with Crippen LogP contribution in [0.4, 0.5) is 0 Å². The van der Waals surface area contributed by atoms with Crippen molar-refractivity contribution in [2.75, 3.05) is 13.2 Å². The molecule has 94 valence electrons. The van der Waals surface area contributed by atoms with Gasteiger partial charge in [-0.2, -0.15) is 0 Å². The van der Waals surface area contributed by atoms with Gasteiger partial charge in [0.2, 0.25) is 0 Å². The molecule has 18 heavy (non-hydrogen) atoms. The Morgan fingerprint density at radius 1 is 1.33 bits per heavy atom. The number of para-hydroxylation sites is 1. The molecule has 0 aliphatic heterocycles. The lowest BCUT2D eigenvalue weighted by Crippen LogP contribution is -2.30. The quantitative estimate of drug-likeness (QED) is 0.835. The van der Waals surface area contributed by atoms with E-state index >= 15 is 0 Å². The van der Waals surface area contributed by atoms with Crippen molar-refractivity contribution in [1.29, 1.82) is 0 Å². The van der Waals surface area contributed by atoms with Crippen molar-refractivity contribution >= 4 is 22.8 Å². The fourth-order valence-corrected chi connectivity index (χ4v) is 1.55. The zero-order chi connectivity index (χ0) is 13.0. The fraction of sp³-hybridized carbons (Fsp3) is 0.231. The Bertz CT molecular complexity index is 540. The van der Waals surface area contributed by atoms with Crippen LogP contribution in [0.3, 0.4) is 0 Å². The van der Waals surface area contributed by atoms with Crippen LogP contribution in [-0.2, 0) is 9.53 Å². The van der Waals surface area contributed by atoms with E-state index in [4.69, 9.17) is 9.15 Å². The third kappa shape index (κ3) is 2.68. The first-order valence-electron chi connectivity index (χ1n) is 5.63. The minimum atomic E-state index is -0.470. The Hall–Kier alpha value is -2.30. The molecule has 0 unspecified atom stereocenters. The third-order valence-electron chi connectivity index (χ3n) is 2.35. The number of esters is 1. The predicted molar refractivity (Wildman–Crippen MR) is 65.2 cm³/mol. The molecule has 1 N–H and O–H groups in total. The summed E-state index contributed by atoms with van der Waals surface area (Å²) in [6.07, 6.45) is 0. The summed E-state index contributed by atoms with van der Waals surface area (Å²) in [5, 5.41) is 3.28. The molecule has 2 rings (SSSR count). The molecule has 0 saturated heterocycles. The second-order valence-electron chi connectivity index (χ2n) is 3.64. The molecule has 0 spiro atoms. The molecule has 0 aliphatic rings. The van der Waals surface area contributed by atoms with Gasteiger partial charge >= 0.3 is 5.97 Å². The zero-order valence-corrected chi connectivity index (χ0v) is 9.93. The lowest BCUT2D eigenvalue weighted by Gasteiger charge is -2.02. The molecule has 1 heterocycles. The molecule has 1 aromatic heterocycles.